The second-order valence-electron chi connectivity index (χ2n) is 6.34. The molecule has 1 aromatic carbocycles. The molecule has 1 unspecified atom stereocenters. The Hall–Kier alpha value is -2.50. The fourth-order valence-electron chi connectivity index (χ4n) is 2.84. The molecule has 0 aliphatic rings. The molecular formula is C20H24N4O. The van der Waals surface area contributed by atoms with Crippen molar-refractivity contribution in [3.8, 4) is 11.3 Å². The molecule has 1 atom stereocenters. The largest absolute Gasteiger partial charge is 0.396 e. The van der Waals surface area contributed by atoms with Gasteiger partial charge >= 0.3 is 0 Å². The summed E-state index contributed by atoms with van der Waals surface area (Å²) < 4.78 is 0. The first kappa shape index (κ1) is 17.3. The van der Waals surface area contributed by atoms with Gasteiger partial charge in [0.15, 0.2) is 0 Å². The Balaban J connectivity index is 1.57. The van der Waals surface area contributed by atoms with E-state index in [4.69, 9.17) is 0 Å². The molecule has 0 fully saturated rings. The van der Waals surface area contributed by atoms with E-state index in [0.717, 1.165) is 35.5 Å². The smallest absolute Gasteiger partial charge is 0.0695 e. The Morgan fingerprint density at radius 2 is 2.00 bits per heavy atom. The molecule has 0 bridgehead atoms. The maximum Gasteiger partial charge on any atom is 0.0695 e. The Kier molecular flexibility index (Phi) is 5.93. The average molecular weight is 336 g/mol. The lowest BCUT2D eigenvalue weighted by molar-refractivity contribution is 0.220. The minimum Gasteiger partial charge on any atom is -0.396 e. The maximum atomic E-state index is 9.62. The lowest BCUT2D eigenvalue weighted by Gasteiger charge is -2.14. The molecule has 0 saturated carbocycles. The van der Waals surface area contributed by atoms with Gasteiger partial charge in [0.05, 0.1) is 11.9 Å². The van der Waals surface area contributed by atoms with Crippen LogP contribution in [-0.2, 0) is 13.0 Å². The SMILES string of the molecule is Cc1ccc(-c2[nH]ncc2CNCC(CO)Cc2ccccn2)cc1. The van der Waals surface area contributed by atoms with E-state index in [1.54, 1.807) is 6.20 Å². The Morgan fingerprint density at radius 3 is 2.72 bits per heavy atom. The van der Waals surface area contributed by atoms with Gasteiger partial charge in [0.1, 0.15) is 0 Å². The number of H-pyrrole nitrogens is 1. The number of nitrogens with one attached hydrogen (secondary N) is 2. The van der Waals surface area contributed by atoms with Crippen molar-refractivity contribution in [1.82, 2.24) is 20.5 Å². The summed E-state index contributed by atoms with van der Waals surface area (Å²) in [6.45, 7) is 3.65. The van der Waals surface area contributed by atoms with Gasteiger partial charge < -0.3 is 10.4 Å². The molecule has 0 aliphatic carbocycles. The van der Waals surface area contributed by atoms with Crippen molar-refractivity contribution in [3.05, 3.63) is 71.7 Å². The molecule has 0 amide bonds. The normalized spacial score (nSPS) is 12.2. The van der Waals surface area contributed by atoms with Crippen LogP contribution in [0.15, 0.2) is 54.9 Å². The highest BCUT2D eigenvalue weighted by Gasteiger charge is 2.11. The molecule has 3 rings (SSSR count). The topological polar surface area (TPSA) is 73.8 Å². The number of nitrogens with zero attached hydrogens (tertiary/aromatic N) is 2. The molecule has 3 N–H and O–H groups in total. The van der Waals surface area contributed by atoms with E-state index < -0.39 is 0 Å². The van der Waals surface area contributed by atoms with Gasteiger partial charge in [-0.05, 0) is 37.0 Å². The predicted octanol–water partition coefficient (Wildman–Crippen LogP) is 2.72. The summed E-state index contributed by atoms with van der Waals surface area (Å²) in [5.74, 6) is 0.143. The number of rotatable bonds is 8. The number of aromatic amines is 1. The first-order valence-corrected chi connectivity index (χ1v) is 8.57. The third kappa shape index (κ3) is 4.75. The molecule has 25 heavy (non-hydrogen) atoms. The summed E-state index contributed by atoms with van der Waals surface area (Å²) in [4.78, 5) is 4.33. The van der Waals surface area contributed by atoms with Crippen LogP contribution in [0, 0.1) is 12.8 Å². The number of hydrogen-bond acceptors (Lipinski definition) is 4. The van der Waals surface area contributed by atoms with Gasteiger partial charge in [0.25, 0.3) is 0 Å². The number of aryl methyl sites for hydroxylation is 1. The monoisotopic (exact) mass is 336 g/mol. The molecular weight excluding hydrogens is 312 g/mol. The highest BCUT2D eigenvalue weighted by atomic mass is 16.3. The van der Waals surface area contributed by atoms with E-state index in [9.17, 15) is 5.11 Å². The number of aliphatic hydroxyl groups excluding tert-OH is 1. The number of benzene rings is 1. The minimum atomic E-state index is 0.139. The van der Waals surface area contributed by atoms with Crippen LogP contribution in [0.5, 0.6) is 0 Å². The highest BCUT2D eigenvalue weighted by molar-refractivity contribution is 5.62. The van der Waals surface area contributed by atoms with Crippen molar-refractivity contribution >= 4 is 0 Å². The van der Waals surface area contributed by atoms with Gasteiger partial charge in [0, 0.05) is 37.2 Å². The first-order valence-electron chi connectivity index (χ1n) is 8.57. The lowest BCUT2D eigenvalue weighted by atomic mass is 10.0. The van der Waals surface area contributed by atoms with E-state index in [2.05, 4.69) is 51.7 Å². The molecule has 0 saturated heterocycles. The molecule has 5 nitrogen and oxygen atoms in total. The van der Waals surface area contributed by atoms with Crippen LogP contribution in [-0.4, -0.2) is 33.4 Å². The molecule has 2 heterocycles. The number of aliphatic hydroxyl groups is 1. The summed E-state index contributed by atoms with van der Waals surface area (Å²) in [5.41, 5.74) is 5.54. The number of hydrogen-bond donors (Lipinski definition) is 3. The molecule has 5 heteroatoms. The van der Waals surface area contributed by atoms with E-state index in [1.165, 1.54) is 5.56 Å². The van der Waals surface area contributed by atoms with Crippen LogP contribution in [0.4, 0.5) is 0 Å². The zero-order chi connectivity index (χ0) is 17.5. The van der Waals surface area contributed by atoms with Crippen LogP contribution < -0.4 is 5.32 Å². The third-order valence-corrected chi connectivity index (χ3v) is 4.29. The van der Waals surface area contributed by atoms with Crippen molar-refractivity contribution in [2.24, 2.45) is 5.92 Å². The van der Waals surface area contributed by atoms with Gasteiger partial charge in [0.2, 0.25) is 0 Å². The number of aromatic nitrogens is 3. The quantitative estimate of drug-likeness (QED) is 0.591. The van der Waals surface area contributed by atoms with Crippen LogP contribution in [0.25, 0.3) is 11.3 Å². The summed E-state index contributed by atoms with van der Waals surface area (Å²) in [6.07, 6.45) is 4.41. The number of pyridine rings is 1. The molecule has 130 valence electrons. The van der Waals surface area contributed by atoms with Gasteiger partial charge in [-0.1, -0.05) is 35.9 Å². The van der Waals surface area contributed by atoms with E-state index in [1.807, 2.05) is 24.4 Å². The van der Waals surface area contributed by atoms with E-state index >= 15 is 0 Å². The fourth-order valence-corrected chi connectivity index (χ4v) is 2.84. The fraction of sp³-hybridized carbons (Fsp3) is 0.300. The second-order valence-corrected chi connectivity index (χ2v) is 6.34. The summed E-state index contributed by atoms with van der Waals surface area (Å²) in [7, 11) is 0. The molecule has 2 aromatic heterocycles. The van der Waals surface area contributed by atoms with Crippen molar-refractivity contribution in [2.45, 2.75) is 19.9 Å². The molecule has 0 spiro atoms. The van der Waals surface area contributed by atoms with Crippen molar-refractivity contribution in [2.75, 3.05) is 13.2 Å². The van der Waals surface area contributed by atoms with Crippen LogP contribution >= 0.6 is 0 Å². The van der Waals surface area contributed by atoms with Gasteiger partial charge in [-0.25, -0.2) is 0 Å². The van der Waals surface area contributed by atoms with Crippen molar-refractivity contribution in [3.63, 3.8) is 0 Å². The minimum absolute atomic E-state index is 0.139. The van der Waals surface area contributed by atoms with Crippen LogP contribution in [0.3, 0.4) is 0 Å². The van der Waals surface area contributed by atoms with E-state index in [0.29, 0.717) is 6.54 Å². The highest BCUT2D eigenvalue weighted by Crippen LogP contribution is 2.21. The Bertz CT molecular complexity index is 768. The molecule has 0 radical (unpaired) electrons. The summed E-state index contributed by atoms with van der Waals surface area (Å²) in [6, 6.07) is 14.3. The zero-order valence-electron chi connectivity index (χ0n) is 14.4. The first-order chi connectivity index (χ1) is 12.3. The third-order valence-electron chi connectivity index (χ3n) is 4.29. The molecule has 0 aliphatic heterocycles. The standard InChI is InChI=1S/C20H24N4O/c1-15-5-7-17(8-6-15)20-18(13-23-24-20)12-21-11-16(14-25)10-19-4-2-3-9-22-19/h2-9,13,16,21,25H,10-12,14H2,1H3,(H,23,24). The van der Waals surface area contributed by atoms with Gasteiger partial charge in [-0.15, -0.1) is 0 Å². The Morgan fingerprint density at radius 1 is 1.16 bits per heavy atom. The summed E-state index contributed by atoms with van der Waals surface area (Å²) in [5, 5.41) is 20.3. The van der Waals surface area contributed by atoms with Crippen molar-refractivity contribution < 1.29 is 5.11 Å². The summed E-state index contributed by atoms with van der Waals surface area (Å²) >= 11 is 0. The second kappa shape index (κ2) is 8.55. The van der Waals surface area contributed by atoms with Crippen molar-refractivity contribution in [1.29, 1.82) is 0 Å². The predicted molar refractivity (Wildman–Crippen MR) is 99.0 cm³/mol. The molecule has 3 aromatic rings. The van der Waals surface area contributed by atoms with Gasteiger partial charge in [-0.3, -0.25) is 10.1 Å². The van der Waals surface area contributed by atoms with Crippen LogP contribution in [0.1, 0.15) is 16.8 Å². The van der Waals surface area contributed by atoms with Crippen LogP contribution in [0.2, 0.25) is 0 Å². The zero-order valence-corrected chi connectivity index (χ0v) is 14.4. The maximum absolute atomic E-state index is 9.62. The lowest BCUT2D eigenvalue weighted by Crippen LogP contribution is -2.26. The van der Waals surface area contributed by atoms with Gasteiger partial charge in [-0.2, -0.15) is 5.10 Å². The Labute approximate surface area is 148 Å². The van der Waals surface area contributed by atoms with E-state index in [-0.39, 0.29) is 12.5 Å². The average Bonchev–Trinajstić information content (AvgIpc) is 3.11.